The molecule has 0 atom stereocenters. The Balaban J connectivity index is 2.22. The molecule has 0 aliphatic carbocycles. The van der Waals surface area contributed by atoms with Crippen LogP contribution in [-0.4, -0.2) is 9.55 Å². The second kappa shape index (κ2) is 3.84. The van der Waals surface area contributed by atoms with Gasteiger partial charge in [-0.3, -0.25) is 0 Å². The maximum Gasteiger partial charge on any atom is 0.200 e. The number of nitrogen functional groups attached to an aromatic ring is 1. The molecule has 74 valence electrons. The molecule has 0 saturated heterocycles. The Morgan fingerprint density at radius 1 is 1.57 bits per heavy atom. The highest BCUT2D eigenvalue weighted by Crippen LogP contribution is 2.19. The molecule has 0 saturated carbocycles. The standard InChI is InChI=1S/C10H13N3S/c1-2-8-3-6-14-9(8)7-13-5-4-12-10(13)11/h3-6H,2,7H2,1H3,(H2,11,12). The van der Waals surface area contributed by atoms with E-state index in [1.54, 1.807) is 17.5 Å². The zero-order valence-corrected chi connectivity index (χ0v) is 8.92. The van der Waals surface area contributed by atoms with Crippen LogP contribution in [0.4, 0.5) is 5.95 Å². The van der Waals surface area contributed by atoms with Crippen LogP contribution in [0, 0.1) is 0 Å². The van der Waals surface area contributed by atoms with Crippen molar-refractivity contribution in [3.05, 3.63) is 34.3 Å². The van der Waals surface area contributed by atoms with Crippen molar-refractivity contribution in [1.82, 2.24) is 9.55 Å². The Labute approximate surface area is 87.2 Å². The smallest absolute Gasteiger partial charge is 0.200 e. The van der Waals surface area contributed by atoms with Crippen LogP contribution in [0.15, 0.2) is 23.8 Å². The molecule has 0 aliphatic rings. The van der Waals surface area contributed by atoms with Crippen molar-refractivity contribution in [3.8, 4) is 0 Å². The Morgan fingerprint density at radius 3 is 3.07 bits per heavy atom. The van der Waals surface area contributed by atoms with Crippen LogP contribution >= 0.6 is 11.3 Å². The van der Waals surface area contributed by atoms with E-state index in [0.29, 0.717) is 5.95 Å². The minimum atomic E-state index is 0.584. The summed E-state index contributed by atoms with van der Waals surface area (Å²) in [4.78, 5) is 5.37. The summed E-state index contributed by atoms with van der Waals surface area (Å²) >= 11 is 1.78. The summed E-state index contributed by atoms with van der Waals surface area (Å²) in [5.74, 6) is 0.584. The molecule has 2 N–H and O–H groups in total. The first kappa shape index (κ1) is 9.27. The van der Waals surface area contributed by atoms with Crippen LogP contribution in [-0.2, 0) is 13.0 Å². The number of nitrogens with two attached hydrogens (primary N) is 1. The normalized spacial score (nSPS) is 10.6. The van der Waals surface area contributed by atoms with E-state index in [9.17, 15) is 0 Å². The van der Waals surface area contributed by atoms with Crippen LogP contribution in [0.2, 0.25) is 0 Å². The maximum atomic E-state index is 5.71. The monoisotopic (exact) mass is 207 g/mol. The number of rotatable bonds is 3. The Bertz CT molecular complexity index is 416. The first-order chi connectivity index (χ1) is 6.81. The zero-order valence-electron chi connectivity index (χ0n) is 8.10. The van der Waals surface area contributed by atoms with Crippen LogP contribution in [0.5, 0.6) is 0 Å². The lowest BCUT2D eigenvalue weighted by atomic mass is 10.2. The quantitative estimate of drug-likeness (QED) is 0.838. The maximum absolute atomic E-state index is 5.71. The van der Waals surface area contributed by atoms with Crippen molar-refractivity contribution in [2.45, 2.75) is 19.9 Å². The average molecular weight is 207 g/mol. The lowest BCUT2D eigenvalue weighted by Gasteiger charge is -2.04. The van der Waals surface area contributed by atoms with Gasteiger partial charge in [-0.1, -0.05) is 6.92 Å². The predicted octanol–water partition coefficient (Wildman–Crippen LogP) is 2.14. The third kappa shape index (κ3) is 1.65. The summed E-state index contributed by atoms with van der Waals surface area (Å²) in [5.41, 5.74) is 7.11. The van der Waals surface area contributed by atoms with Gasteiger partial charge >= 0.3 is 0 Å². The van der Waals surface area contributed by atoms with E-state index in [0.717, 1.165) is 13.0 Å². The van der Waals surface area contributed by atoms with Gasteiger partial charge in [0, 0.05) is 17.3 Å². The predicted molar refractivity (Wildman–Crippen MR) is 59.4 cm³/mol. The van der Waals surface area contributed by atoms with E-state index in [1.807, 2.05) is 10.8 Å². The first-order valence-electron chi connectivity index (χ1n) is 4.63. The molecule has 3 nitrogen and oxygen atoms in total. The number of imidazole rings is 1. The Kier molecular flexibility index (Phi) is 2.54. The number of nitrogens with zero attached hydrogens (tertiary/aromatic N) is 2. The number of thiophene rings is 1. The molecule has 0 amide bonds. The summed E-state index contributed by atoms with van der Waals surface area (Å²) in [6, 6.07) is 2.17. The minimum Gasteiger partial charge on any atom is -0.369 e. The molecular formula is C10H13N3S. The fourth-order valence-corrected chi connectivity index (χ4v) is 2.42. The molecular weight excluding hydrogens is 194 g/mol. The van der Waals surface area contributed by atoms with Crippen LogP contribution < -0.4 is 5.73 Å². The first-order valence-corrected chi connectivity index (χ1v) is 5.51. The van der Waals surface area contributed by atoms with Crippen LogP contribution in [0.1, 0.15) is 17.4 Å². The van der Waals surface area contributed by atoms with Crippen molar-refractivity contribution in [2.75, 3.05) is 5.73 Å². The van der Waals surface area contributed by atoms with Gasteiger partial charge in [-0.05, 0) is 23.4 Å². The largest absolute Gasteiger partial charge is 0.369 e. The van der Waals surface area contributed by atoms with E-state index in [4.69, 9.17) is 5.73 Å². The van der Waals surface area contributed by atoms with E-state index < -0.39 is 0 Å². The van der Waals surface area contributed by atoms with Gasteiger partial charge < -0.3 is 10.3 Å². The molecule has 0 aromatic carbocycles. The second-order valence-corrected chi connectivity index (χ2v) is 4.14. The highest BCUT2D eigenvalue weighted by atomic mass is 32.1. The summed E-state index contributed by atoms with van der Waals surface area (Å²) < 4.78 is 1.96. The van der Waals surface area contributed by atoms with E-state index in [2.05, 4.69) is 23.4 Å². The van der Waals surface area contributed by atoms with Gasteiger partial charge in [0.2, 0.25) is 0 Å². The molecule has 0 bridgehead atoms. The molecule has 0 aliphatic heterocycles. The number of aromatic nitrogens is 2. The highest BCUT2D eigenvalue weighted by molar-refractivity contribution is 7.10. The molecule has 14 heavy (non-hydrogen) atoms. The second-order valence-electron chi connectivity index (χ2n) is 3.14. The van der Waals surface area contributed by atoms with Gasteiger partial charge in [0.1, 0.15) is 0 Å². The highest BCUT2D eigenvalue weighted by Gasteiger charge is 2.04. The number of anilines is 1. The fraction of sp³-hybridized carbons (Fsp3) is 0.300. The Hall–Kier alpha value is -1.29. The van der Waals surface area contributed by atoms with Crippen molar-refractivity contribution in [3.63, 3.8) is 0 Å². The van der Waals surface area contributed by atoms with E-state index in [-0.39, 0.29) is 0 Å². The topological polar surface area (TPSA) is 43.8 Å². The van der Waals surface area contributed by atoms with Crippen molar-refractivity contribution in [1.29, 1.82) is 0 Å². The number of hydrogen-bond acceptors (Lipinski definition) is 3. The fourth-order valence-electron chi connectivity index (χ4n) is 1.45. The summed E-state index contributed by atoms with van der Waals surface area (Å²) in [7, 11) is 0. The van der Waals surface area contributed by atoms with Crippen LogP contribution in [0.3, 0.4) is 0 Å². The van der Waals surface area contributed by atoms with Gasteiger partial charge in [-0.15, -0.1) is 11.3 Å². The molecule has 2 heterocycles. The minimum absolute atomic E-state index is 0.584. The number of hydrogen-bond donors (Lipinski definition) is 1. The van der Waals surface area contributed by atoms with Gasteiger partial charge in [0.25, 0.3) is 0 Å². The molecule has 2 aromatic rings. The molecule has 2 rings (SSSR count). The molecule has 0 unspecified atom stereocenters. The van der Waals surface area contributed by atoms with Gasteiger partial charge in [-0.25, -0.2) is 4.98 Å². The van der Waals surface area contributed by atoms with Crippen molar-refractivity contribution in [2.24, 2.45) is 0 Å². The van der Waals surface area contributed by atoms with Crippen molar-refractivity contribution >= 4 is 17.3 Å². The lowest BCUT2D eigenvalue weighted by Crippen LogP contribution is -2.03. The summed E-state index contributed by atoms with van der Waals surface area (Å²) in [6.07, 6.45) is 4.72. The average Bonchev–Trinajstić information content (AvgIpc) is 2.77. The molecule has 2 aromatic heterocycles. The van der Waals surface area contributed by atoms with Gasteiger partial charge in [0.05, 0.1) is 6.54 Å². The van der Waals surface area contributed by atoms with Crippen LogP contribution in [0.25, 0.3) is 0 Å². The third-order valence-electron chi connectivity index (χ3n) is 2.28. The van der Waals surface area contributed by atoms with Gasteiger partial charge in [-0.2, -0.15) is 0 Å². The molecule has 0 spiro atoms. The number of aryl methyl sites for hydroxylation is 1. The van der Waals surface area contributed by atoms with Crippen molar-refractivity contribution < 1.29 is 0 Å². The third-order valence-corrected chi connectivity index (χ3v) is 3.23. The lowest BCUT2D eigenvalue weighted by molar-refractivity contribution is 0.814. The van der Waals surface area contributed by atoms with E-state index in [1.165, 1.54) is 10.4 Å². The zero-order chi connectivity index (χ0) is 9.97. The summed E-state index contributed by atoms with van der Waals surface area (Å²) in [6.45, 7) is 3.01. The van der Waals surface area contributed by atoms with E-state index >= 15 is 0 Å². The summed E-state index contributed by atoms with van der Waals surface area (Å²) in [5, 5.41) is 2.13. The Morgan fingerprint density at radius 2 is 2.43 bits per heavy atom. The molecule has 0 radical (unpaired) electrons. The van der Waals surface area contributed by atoms with Gasteiger partial charge in [0.15, 0.2) is 5.95 Å². The molecule has 4 heteroatoms. The molecule has 0 fully saturated rings. The SMILES string of the molecule is CCc1ccsc1Cn1ccnc1N.